The summed E-state index contributed by atoms with van der Waals surface area (Å²) in [5.41, 5.74) is 5.94. The Bertz CT molecular complexity index is 1180. The van der Waals surface area contributed by atoms with E-state index in [-0.39, 0.29) is 5.91 Å². The van der Waals surface area contributed by atoms with Gasteiger partial charge in [0.05, 0.1) is 22.6 Å². The van der Waals surface area contributed by atoms with Crippen molar-refractivity contribution in [2.75, 3.05) is 7.05 Å². The summed E-state index contributed by atoms with van der Waals surface area (Å²) >= 11 is 0. The summed E-state index contributed by atoms with van der Waals surface area (Å²) < 4.78 is 3.62. The van der Waals surface area contributed by atoms with Gasteiger partial charge in [-0.25, -0.2) is 4.68 Å². The summed E-state index contributed by atoms with van der Waals surface area (Å²) in [7, 11) is 3.71. The predicted molar refractivity (Wildman–Crippen MR) is 117 cm³/mol. The van der Waals surface area contributed by atoms with Crippen molar-refractivity contribution in [3.8, 4) is 16.9 Å². The Hall–Kier alpha value is -3.67. The van der Waals surface area contributed by atoms with Crippen molar-refractivity contribution in [1.82, 2.24) is 24.5 Å². The van der Waals surface area contributed by atoms with E-state index < -0.39 is 0 Å². The first-order chi connectivity index (χ1) is 14.5. The molecule has 0 N–H and O–H groups in total. The van der Waals surface area contributed by atoms with Gasteiger partial charge in [0.25, 0.3) is 5.91 Å². The lowest BCUT2D eigenvalue weighted by Crippen LogP contribution is -2.27. The van der Waals surface area contributed by atoms with Crippen LogP contribution >= 0.6 is 0 Å². The van der Waals surface area contributed by atoms with Crippen molar-refractivity contribution >= 4 is 5.91 Å². The summed E-state index contributed by atoms with van der Waals surface area (Å²) in [5.74, 6) is -0.0585. The van der Waals surface area contributed by atoms with Crippen LogP contribution in [0.4, 0.5) is 0 Å². The van der Waals surface area contributed by atoms with Crippen LogP contribution in [0.2, 0.25) is 0 Å². The molecule has 0 aliphatic heterocycles. The number of carbonyl (C=O) groups is 1. The predicted octanol–water partition coefficient (Wildman–Crippen LogP) is 4.16. The second-order valence-corrected chi connectivity index (χ2v) is 7.50. The maximum atomic E-state index is 13.6. The molecule has 30 heavy (non-hydrogen) atoms. The average molecular weight is 399 g/mol. The molecule has 152 valence electrons. The molecule has 0 aliphatic carbocycles. The minimum Gasteiger partial charge on any atom is -0.337 e. The highest BCUT2D eigenvalue weighted by molar-refractivity contribution is 6.01. The van der Waals surface area contributed by atoms with Gasteiger partial charge in [-0.3, -0.25) is 9.48 Å². The van der Waals surface area contributed by atoms with Crippen LogP contribution < -0.4 is 0 Å². The minimum absolute atomic E-state index is 0.0585. The molecule has 0 saturated heterocycles. The molecule has 6 nitrogen and oxygen atoms in total. The maximum Gasteiger partial charge on any atom is 0.258 e. The summed E-state index contributed by atoms with van der Waals surface area (Å²) in [6.45, 7) is 4.40. The summed E-state index contributed by atoms with van der Waals surface area (Å²) in [6.07, 6.45) is 1.96. The van der Waals surface area contributed by atoms with E-state index in [9.17, 15) is 4.79 Å². The molecule has 0 atom stereocenters. The Morgan fingerprint density at radius 1 is 0.967 bits per heavy atom. The number of nitrogens with zero attached hydrogens (tertiary/aromatic N) is 5. The SMILES string of the molecule is Cc1nn(C)cc1CN(C)C(=O)c1c(-c2ccccc2)nn(-c2ccccc2)c1C. The topological polar surface area (TPSA) is 56.0 Å². The van der Waals surface area contributed by atoms with Gasteiger partial charge in [0, 0.05) is 38.0 Å². The average Bonchev–Trinajstić information content (AvgIpc) is 3.26. The second kappa shape index (κ2) is 7.99. The first-order valence-corrected chi connectivity index (χ1v) is 9.90. The molecule has 0 unspecified atom stereocenters. The first-order valence-electron chi connectivity index (χ1n) is 9.90. The second-order valence-electron chi connectivity index (χ2n) is 7.50. The van der Waals surface area contributed by atoms with Gasteiger partial charge in [-0.1, -0.05) is 48.5 Å². The molecular formula is C24H25N5O. The number of rotatable bonds is 5. The smallest absolute Gasteiger partial charge is 0.258 e. The van der Waals surface area contributed by atoms with Crippen molar-refractivity contribution in [1.29, 1.82) is 0 Å². The van der Waals surface area contributed by atoms with Crippen LogP contribution in [0, 0.1) is 13.8 Å². The zero-order valence-corrected chi connectivity index (χ0v) is 17.7. The lowest BCUT2D eigenvalue weighted by Gasteiger charge is -2.17. The van der Waals surface area contributed by atoms with Crippen molar-refractivity contribution in [3.63, 3.8) is 0 Å². The third-order valence-corrected chi connectivity index (χ3v) is 5.25. The number of hydrogen-bond acceptors (Lipinski definition) is 3. The Morgan fingerprint density at radius 2 is 1.60 bits per heavy atom. The molecule has 2 aromatic carbocycles. The zero-order valence-electron chi connectivity index (χ0n) is 17.7. The number of amides is 1. The number of aryl methyl sites for hydroxylation is 2. The Morgan fingerprint density at radius 3 is 2.20 bits per heavy atom. The van der Waals surface area contributed by atoms with Crippen molar-refractivity contribution in [3.05, 3.63) is 89.4 Å². The Balaban J connectivity index is 1.78. The Kier molecular flexibility index (Phi) is 5.23. The molecule has 4 rings (SSSR count). The molecule has 0 fully saturated rings. The van der Waals surface area contributed by atoms with E-state index in [1.807, 2.05) is 99.5 Å². The molecule has 2 aromatic heterocycles. The summed E-state index contributed by atoms with van der Waals surface area (Å²) in [6, 6.07) is 19.7. The van der Waals surface area contributed by atoms with E-state index in [1.165, 1.54) is 0 Å². The normalized spacial score (nSPS) is 10.9. The van der Waals surface area contributed by atoms with E-state index in [0.717, 1.165) is 28.2 Å². The van der Waals surface area contributed by atoms with Gasteiger partial charge in [-0.05, 0) is 26.0 Å². The van der Waals surface area contributed by atoms with Crippen LogP contribution in [-0.2, 0) is 13.6 Å². The molecule has 0 aliphatic rings. The number of aromatic nitrogens is 4. The van der Waals surface area contributed by atoms with Crippen molar-refractivity contribution in [2.45, 2.75) is 20.4 Å². The standard InChI is InChI=1S/C24H25N5O/c1-17-20(16-28(4)25-17)15-27(3)24(30)22-18(2)29(21-13-9-6-10-14-21)26-23(22)19-11-7-5-8-12-19/h5-14,16H,15H2,1-4H3. The largest absolute Gasteiger partial charge is 0.337 e. The van der Waals surface area contributed by atoms with E-state index in [0.29, 0.717) is 17.8 Å². The van der Waals surface area contributed by atoms with Gasteiger partial charge < -0.3 is 4.90 Å². The van der Waals surface area contributed by atoms with Gasteiger partial charge in [0.2, 0.25) is 0 Å². The molecule has 0 saturated carbocycles. The van der Waals surface area contributed by atoms with Crippen LogP contribution in [-0.4, -0.2) is 37.4 Å². The highest BCUT2D eigenvalue weighted by atomic mass is 16.2. The fourth-order valence-electron chi connectivity index (χ4n) is 3.70. The molecule has 2 heterocycles. The van der Waals surface area contributed by atoms with Crippen molar-refractivity contribution in [2.24, 2.45) is 7.05 Å². The van der Waals surface area contributed by atoms with E-state index >= 15 is 0 Å². The highest BCUT2D eigenvalue weighted by Crippen LogP contribution is 2.28. The molecule has 4 aromatic rings. The van der Waals surface area contributed by atoms with Gasteiger partial charge in [0.15, 0.2) is 0 Å². The van der Waals surface area contributed by atoms with Crippen LogP contribution in [0.5, 0.6) is 0 Å². The lowest BCUT2D eigenvalue weighted by atomic mass is 10.0. The molecule has 0 spiro atoms. The molecular weight excluding hydrogens is 374 g/mol. The monoisotopic (exact) mass is 399 g/mol. The summed E-state index contributed by atoms with van der Waals surface area (Å²) in [5, 5.41) is 9.22. The van der Waals surface area contributed by atoms with Gasteiger partial charge >= 0.3 is 0 Å². The van der Waals surface area contributed by atoms with Crippen LogP contribution in [0.3, 0.4) is 0 Å². The third kappa shape index (κ3) is 3.64. The number of hydrogen-bond donors (Lipinski definition) is 0. The van der Waals surface area contributed by atoms with Crippen LogP contribution in [0.15, 0.2) is 66.9 Å². The van der Waals surface area contributed by atoms with E-state index in [1.54, 1.807) is 9.58 Å². The number of para-hydroxylation sites is 1. The van der Waals surface area contributed by atoms with Crippen LogP contribution in [0.1, 0.15) is 27.3 Å². The van der Waals surface area contributed by atoms with E-state index in [4.69, 9.17) is 5.10 Å². The minimum atomic E-state index is -0.0585. The fraction of sp³-hybridized carbons (Fsp3) is 0.208. The molecule has 1 amide bonds. The lowest BCUT2D eigenvalue weighted by molar-refractivity contribution is 0.0785. The Labute approximate surface area is 176 Å². The third-order valence-electron chi connectivity index (χ3n) is 5.25. The fourth-order valence-corrected chi connectivity index (χ4v) is 3.70. The number of benzene rings is 2. The molecule has 0 bridgehead atoms. The quantitative estimate of drug-likeness (QED) is 0.506. The van der Waals surface area contributed by atoms with E-state index in [2.05, 4.69) is 5.10 Å². The maximum absolute atomic E-state index is 13.6. The van der Waals surface area contributed by atoms with Crippen molar-refractivity contribution < 1.29 is 4.79 Å². The first kappa shape index (κ1) is 19.6. The molecule has 6 heteroatoms. The number of carbonyl (C=O) groups excluding carboxylic acids is 1. The van der Waals surface area contributed by atoms with Crippen LogP contribution in [0.25, 0.3) is 16.9 Å². The highest BCUT2D eigenvalue weighted by Gasteiger charge is 2.26. The van der Waals surface area contributed by atoms with Gasteiger partial charge in [-0.2, -0.15) is 10.2 Å². The van der Waals surface area contributed by atoms with Gasteiger partial charge in [-0.15, -0.1) is 0 Å². The zero-order chi connectivity index (χ0) is 21.3. The molecule has 0 radical (unpaired) electrons. The van der Waals surface area contributed by atoms with Gasteiger partial charge in [0.1, 0.15) is 5.69 Å². The summed E-state index contributed by atoms with van der Waals surface area (Å²) in [4.78, 5) is 15.3.